The maximum atomic E-state index is 13.6. The summed E-state index contributed by atoms with van der Waals surface area (Å²) in [5.74, 6) is -0.873. The van der Waals surface area contributed by atoms with E-state index in [-0.39, 0.29) is 24.7 Å². The average molecular weight is 627 g/mol. The molecule has 4 unspecified atom stereocenters. The molecule has 45 heavy (non-hydrogen) atoms. The number of nitrogens with one attached hydrogen (secondary N) is 4. The predicted octanol–water partition coefficient (Wildman–Crippen LogP) is 2.40. The number of para-hydroxylation sites is 1. The SMILES string of the molecule is CCC(C)C(N)=NCCCC(NC(=O)CCC(C)C)C(=O)NC(CCCCN)C(=O)NC(Cc1c[nH]c2ccccc12)C(N)=O. The van der Waals surface area contributed by atoms with E-state index in [0.717, 1.165) is 22.9 Å². The monoisotopic (exact) mass is 626 g/mol. The second-order valence-corrected chi connectivity index (χ2v) is 12.2. The first-order valence-electron chi connectivity index (χ1n) is 16.2. The molecule has 0 aliphatic carbocycles. The summed E-state index contributed by atoms with van der Waals surface area (Å²) in [5.41, 5.74) is 19.2. The molecule has 0 saturated heterocycles. The molecule has 0 saturated carbocycles. The van der Waals surface area contributed by atoms with E-state index in [1.807, 2.05) is 52.0 Å². The number of amides is 4. The molecule has 250 valence electrons. The number of H-pyrrole nitrogens is 1. The number of benzene rings is 1. The quantitative estimate of drug-likeness (QED) is 0.0628. The molecule has 1 aromatic carbocycles. The molecule has 12 heteroatoms. The number of carbonyl (C=O) groups excluding carboxylic acids is 4. The Morgan fingerprint density at radius 3 is 2.16 bits per heavy atom. The number of aliphatic imine (C=N–C) groups is 1. The van der Waals surface area contributed by atoms with Crippen molar-refractivity contribution in [2.75, 3.05) is 13.1 Å². The molecule has 12 nitrogen and oxygen atoms in total. The van der Waals surface area contributed by atoms with Crippen molar-refractivity contribution in [3.63, 3.8) is 0 Å². The lowest BCUT2D eigenvalue weighted by Gasteiger charge is -2.25. The summed E-state index contributed by atoms with van der Waals surface area (Å²) in [4.78, 5) is 59.9. The summed E-state index contributed by atoms with van der Waals surface area (Å²) in [6, 6.07) is 4.83. The van der Waals surface area contributed by atoms with Gasteiger partial charge in [-0.1, -0.05) is 45.9 Å². The number of rotatable bonds is 21. The van der Waals surface area contributed by atoms with Gasteiger partial charge in [0.1, 0.15) is 18.1 Å². The van der Waals surface area contributed by atoms with E-state index in [4.69, 9.17) is 17.2 Å². The van der Waals surface area contributed by atoms with Crippen LogP contribution in [0.4, 0.5) is 0 Å². The standard InChI is InChI=1S/C33H54N8O4/c1-5-22(4)30(35)37-18-10-14-26(39-29(42)16-15-21(2)3)32(44)40-27(13-8-9-17-34)33(45)41-28(31(36)43)19-23-20-38-25-12-7-6-11-24(23)25/h6-7,11-12,20-22,26-28,38H,5,8-10,13-19,34H2,1-4H3,(H2,35,37)(H2,36,43)(H,39,42)(H,40,44)(H,41,45). The maximum Gasteiger partial charge on any atom is 0.243 e. The first kappa shape index (κ1) is 37.3. The summed E-state index contributed by atoms with van der Waals surface area (Å²) in [7, 11) is 0. The third kappa shape index (κ3) is 12.9. The summed E-state index contributed by atoms with van der Waals surface area (Å²) < 4.78 is 0. The zero-order valence-electron chi connectivity index (χ0n) is 27.4. The number of hydrogen-bond donors (Lipinski definition) is 7. The lowest BCUT2D eigenvalue weighted by molar-refractivity contribution is -0.133. The van der Waals surface area contributed by atoms with Crippen LogP contribution >= 0.6 is 0 Å². The number of nitrogens with zero attached hydrogens (tertiary/aromatic N) is 1. The zero-order valence-corrected chi connectivity index (χ0v) is 27.4. The smallest absolute Gasteiger partial charge is 0.243 e. The van der Waals surface area contributed by atoms with Crippen LogP contribution in [0.25, 0.3) is 10.9 Å². The number of amidine groups is 1. The Balaban J connectivity index is 2.18. The molecule has 0 aliphatic heterocycles. The normalized spacial score (nSPS) is 14.5. The van der Waals surface area contributed by atoms with Gasteiger partial charge >= 0.3 is 0 Å². The number of aromatic nitrogens is 1. The molecule has 0 aliphatic rings. The number of primary amides is 1. The molecule has 10 N–H and O–H groups in total. The van der Waals surface area contributed by atoms with E-state index in [1.54, 1.807) is 6.20 Å². The summed E-state index contributed by atoms with van der Waals surface area (Å²) in [6.07, 6.45) is 6.18. The van der Waals surface area contributed by atoms with E-state index in [9.17, 15) is 19.2 Å². The summed E-state index contributed by atoms with van der Waals surface area (Å²) in [5, 5.41) is 9.36. The minimum atomic E-state index is -0.994. The summed E-state index contributed by atoms with van der Waals surface area (Å²) in [6.45, 7) is 8.94. The molecule has 0 fully saturated rings. The van der Waals surface area contributed by atoms with Gasteiger partial charge in [-0.3, -0.25) is 24.2 Å². The fourth-order valence-corrected chi connectivity index (χ4v) is 4.87. The lowest BCUT2D eigenvalue weighted by Crippen LogP contribution is -2.56. The minimum absolute atomic E-state index is 0.160. The van der Waals surface area contributed by atoms with Crippen LogP contribution < -0.4 is 33.2 Å². The van der Waals surface area contributed by atoms with Crippen LogP contribution in [0.15, 0.2) is 35.5 Å². The summed E-state index contributed by atoms with van der Waals surface area (Å²) >= 11 is 0. The van der Waals surface area contributed by atoms with E-state index < -0.39 is 35.8 Å². The maximum absolute atomic E-state index is 13.6. The molecule has 0 bridgehead atoms. The van der Waals surface area contributed by atoms with Gasteiger partial charge in [-0.15, -0.1) is 0 Å². The van der Waals surface area contributed by atoms with E-state index >= 15 is 0 Å². The molecule has 4 atom stereocenters. The van der Waals surface area contributed by atoms with Crippen LogP contribution in [0, 0.1) is 11.8 Å². The van der Waals surface area contributed by atoms with Gasteiger partial charge in [0.15, 0.2) is 0 Å². The molecule has 2 aromatic rings. The van der Waals surface area contributed by atoms with Crippen LogP contribution in [-0.2, 0) is 25.6 Å². The van der Waals surface area contributed by atoms with Crippen molar-refractivity contribution < 1.29 is 19.2 Å². The highest BCUT2D eigenvalue weighted by Gasteiger charge is 2.29. The van der Waals surface area contributed by atoms with Gasteiger partial charge in [0.2, 0.25) is 23.6 Å². The van der Waals surface area contributed by atoms with Crippen molar-refractivity contribution in [2.45, 2.75) is 104 Å². The Morgan fingerprint density at radius 2 is 1.51 bits per heavy atom. The highest BCUT2D eigenvalue weighted by atomic mass is 16.2. The Hall–Kier alpha value is -3.93. The minimum Gasteiger partial charge on any atom is -0.387 e. The largest absolute Gasteiger partial charge is 0.387 e. The Bertz CT molecular complexity index is 1270. The Morgan fingerprint density at radius 1 is 0.867 bits per heavy atom. The van der Waals surface area contributed by atoms with E-state index in [2.05, 4.69) is 25.9 Å². The molecule has 1 aromatic heterocycles. The number of nitrogens with two attached hydrogens (primary N) is 3. The average Bonchev–Trinajstić information content (AvgIpc) is 3.42. The van der Waals surface area contributed by atoms with Crippen molar-refractivity contribution in [1.82, 2.24) is 20.9 Å². The number of unbranched alkanes of at least 4 members (excludes halogenated alkanes) is 1. The topological polar surface area (TPSA) is 211 Å². The van der Waals surface area contributed by atoms with E-state index in [1.165, 1.54) is 0 Å². The van der Waals surface area contributed by atoms with Crippen LogP contribution in [0.1, 0.15) is 84.6 Å². The predicted molar refractivity (Wildman–Crippen MR) is 179 cm³/mol. The van der Waals surface area contributed by atoms with Gasteiger partial charge in [0, 0.05) is 42.4 Å². The fourth-order valence-electron chi connectivity index (χ4n) is 4.87. The van der Waals surface area contributed by atoms with Crippen LogP contribution in [-0.4, -0.2) is 65.7 Å². The van der Waals surface area contributed by atoms with Crippen molar-refractivity contribution >= 4 is 40.4 Å². The van der Waals surface area contributed by atoms with Crippen molar-refractivity contribution in [3.05, 3.63) is 36.0 Å². The van der Waals surface area contributed by atoms with Gasteiger partial charge in [-0.05, 0) is 69.0 Å². The second-order valence-electron chi connectivity index (χ2n) is 12.2. The number of aromatic amines is 1. The molecule has 4 amide bonds. The fraction of sp³-hybridized carbons (Fsp3) is 0.606. The Labute approximate surface area is 267 Å². The molecule has 0 radical (unpaired) electrons. The number of carbonyl (C=O) groups is 4. The molecule has 2 rings (SSSR count). The third-order valence-corrected chi connectivity index (χ3v) is 8.00. The van der Waals surface area contributed by atoms with Gasteiger partial charge in [-0.2, -0.15) is 0 Å². The highest BCUT2D eigenvalue weighted by Crippen LogP contribution is 2.19. The zero-order chi connectivity index (χ0) is 33.4. The molecule has 0 spiro atoms. The van der Waals surface area contributed by atoms with Crippen LogP contribution in [0.3, 0.4) is 0 Å². The lowest BCUT2D eigenvalue weighted by atomic mass is 10.0. The van der Waals surface area contributed by atoms with Gasteiger partial charge in [0.25, 0.3) is 0 Å². The van der Waals surface area contributed by atoms with Crippen molar-refractivity contribution in [3.8, 4) is 0 Å². The van der Waals surface area contributed by atoms with Crippen LogP contribution in [0.5, 0.6) is 0 Å². The first-order valence-corrected chi connectivity index (χ1v) is 16.2. The first-order chi connectivity index (χ1) is 21.5. The molecular formula is C33H54N8O4. The van der Waals surface area contributed by atoms with Gasteiger partial charge in [0.05, 0.1) is 5.84 Å². The van der Waals surface area contributed by atoms with Crippen molar-refractivity contribution in [1.29, 1.82) is 0 Å². The third-order valence-electron chi connectivity index (χ3n) is 8.00. The number of fused-ring (bicyclic) bond motifs is 1. The Kier molecular flexibility index (Phi) is 16.1. The van der Waals surface area contributed by atoms with Crippen LogP contribution in [0.2, 0.25) is 0 Å². The van der Waals surface area contributed by atoms with E-state index in [0.29, 0.717) is 63.4 Å². The second kappa shape index (κ2) is 19.5. The van der Waals surface area contributed by atoms with Gasteiger partial charge in [-0.25, -0.2) is 0 Å². The molecular weight excluding hydrogens is 572 g/mol. The number of hydrogen-bond acceptors (Lipinski definition) is 6. The van der Waals surface area contributed by atoms with Crippen molar-refractivity contribution in [2.24, 2.45) is 34.0 Å². The highest BCUT2D eigenvalue weighted by molar-refractivity contribution is 5.94. The van der Waals surface area contributed by atoms with Gasteiger partial charge < -0.3 is 38.1 Å². The molecule has 1 heterocycles.